The molecule has 0 atom stereocenters. The molecule has 0 aliphatic rings. The Kier molecular flexibility index (Phi) is 6.52. The van der Waals surface area contributed by atoms with Crippen LogP contribution in [0.1, 0.15) is 31.4 Å². The highest BCUT2D eigenvalue weighted by atomic mass is 35.5. The third kappa shape index (κ3) is 5.00. The molecule has 0 aliphatic heterocycles. The van der Waals surface area contributed by atoms with Crippen molar-refractivity contribution in [2.45, 2.75) is 46.7 Å². The van der Waals surface area contributed by atoms with E-state index >= 15 is 0 Å². The van der Waals surface area contributed by atoms with Crippen LogP contribution in [-0.2, 0) is 24.3 Å². The second-order valence-corrected chi connectivity index (χ2v) is 9.11. The van der Waals surface area contributed by atoms with Crippen molar-refractivity contribution in [3.63, 3.8) is 0 Å². The average molecular weight is 418 g/mol. The molecule has 0 N–H and O–H groups in total. The van der Waals surface area contributed by atoms with E-state index in [4.69, 9.17) is 11.6 Å². The van der Waals surface area contributed by atoms with Crippen LogP contribution >= 0.6 is 22.9 Å². The van der Waals surface area contributed by atoms with Crippen LogP contribution in [0.5, 0.6) is 0 Å². The molecule has 0 amide bonds. The third-order valence-corrected chi connectivity index (χ3v) is 5.59. The number of rotatable bonds is 8. The number of aryl methyl sites for hydroxylation is 2. The first-order chi connectivity index (χ1) is 13.3. The molecular weight excluding hydrogens is 394 g/mol. The molecule has 0 fully saturated rings. The van der Waals surface area contributed by atoms with Gasteiger partial charge in [-0.25, -0.2) is 9.48 Å². The lowest BCUT2D eigenvalue weighted by molar-refractivity contribution is -0.119. The summed E-state index contributed by atoms with van der Waals surface area (Å²) in [6, 6.07) is 11.8. The summed E-state index contributed by atoms with van der Waals surface area (Å²) < 4.78 is 3.56. The van der Waals surface area contributed by atoms with E-state index in [2.05, 4.69) is 11.2 Å². The van der Waals surface area contributed by atoms with Gasteiger partial charge in [-0.3, -0.25) is 9.36 Å². The fraction of sp³-hybridized carbons (Fsp3) is 0.381. The Hall–Kier alpha value is -2.18. The van der Waals surface area contributed by atoms with Crippen LogP contribution < -0.4 is 5.69 Å². The van der Waals surface area contributed by atoms with Crippen LogP contribution in [0.4, 0.5) is 0 Å². The summed E-state index contributed by atoms with van der Waals surface area (Å²) in [6.45, 7) is 6.65. The molecular formula is C21H24ClN3O2S. The normalized spacial score (nSPS) is 11.3. The number of Topliss-reactive ketones (excluding diaryl/α,β-unsaturated/α-hetero) is 1. The molecule has 0 spiro atoms. The van der Waals surface area contributed by atoms with Crippen molar-refractivity contribution >= 4 is 28.7 Å². The quantitative estimate of drug-likeness (QED) is 0.538. The monoisotopic (exact) mass is 417 g/mol. The Balaban J connectivity index is 1.78. The van der Waals surface area contributed by atoms with Crippen molar-refractivity contribution in [3.05, 3.63) is 62.3 Å². The number of aromatic nitrogens is 3. The first-order valence-corrected chi connectivity index (χ1v) is 10.5. The number of carbonyl (C=O) groups excluding carboxylic acids is 1. The SMILES string of the molecule is Cc1cccc(CCC(=O)Cn2nc(-c3ccc(Cl)s3)n(CC(C)C)c2=O)c1. The summed E-state index contributed by atoms with van der Waals surface area (Å²) in [4.78, 5) is 26.1. The summed E-state index contributed by atoms with van der Waals surface area (Å²) in [5, 5.41) is 4.45. The Bertz CT molecular complexity index is 1030. The lowest BCUT2D eigenvalue weighted by Gasteiger charge is -2.06. The topological polar surface area (TPSA) is 56.9 Å². The van der Waals surface area contributed by atoms with Gasteiger partial charge in [-0.15, -0.1) is 16.4 Å². The zero-order valence-electron chi connectivity index (χ0n) is 16.3. The average Bonchev–Trinajstić information content (AvgIpc) is 3.18. The van der Waals surface area contributed by atoms with E-state index < -0.39 is 0 Å². The Morgan fingerprint density at radius 2 is 2.04 bits per heavy atom. The number of hydrogen-bond acceptors (Lipinski definition) is 4. The Morgan fingerprint density at radius 3 is 2.68 bits per heavy atom. The van der Waals surface area contributed by atoms with Gasteiger partial charge >= 0.3 is 5.69 Å². The van der Waals surface area contributed by atoms with Crippen molar-refractivity contribution < 1.29 is 4.79 Å². The van der Waals surface area contributed by atoms with E-state index in [9.17, 15) is 9.59 Å². The minimum Gasteiger partial charge on any atom is -0.298 e. The van der Waals surface area contributed by atoms with Crippen LogP contribution in [0.3, 0.4) is 0 Å². The number of ketones is 1. The third-order valence-electron chi connectivity index (χ3n) is 4.37. The highest BCUT2D eigenvalue weighted by molar-refractivity contribution is 7.19. The maximum Gasteiger partial charge on any atom is 0.346 e. The van der Waals surface area contributed by atoms with E-state index in [-0.39, 0.29) is 23.9 Å². The zero-order valence-corrected chi connectivity index (χ0v) is 17.9. The molecule has 0 radical (unpaired) electrons. The highest BCUT2D eigenvalue weighted by Gasteiger charge is 2.19. The zero-order chi connectivity index (χ0) is 20.3. The van der Waals surface area contributed by atoms with Crippen molar-refractivity contribution in [3.8, 4) is 10.7 Å². The van der Waals surface area contributed by atoms with Crippen LogP contribution in [0.2, 0.25) is 4.34 Å². The number of nitrogens with zero attached hydrogens (tertiary/aromatic N) is 3. The molecule has 148 valence electrons. The van der Waals surface area contributed by atoms with Crippen molar-refractivity contribution in [1.82, 2.24) is 14.3 Å². The molecule has 5 nitrogen and oxygen atoms in total. The van der Waals surface area contributed by atoms with Gasteiger partial charge in [0.25, 0.3) is 0 Å². The van der Waals surface area contributed by atoms with Gasteiger partial charge in [-0.05, 0) is 37.0 Å². The van der Waals surface area contributed by atoms with Gasteiger partial charge in [0, 0.05) is 13.0 Å². The van der Waals surface area contributed by atoms with Crippen LogP contribution in [0.15, 0.2) is 41.2 Å². The Morgan fingerprint density at radius 1 is 1.25 bits per heavy atom. The summed E-state index contributed by atoms with van der Waals surface area (Å²) in [5.41, 5.74) is 2.05. The Labute approximate surface area is 173 Å². The van der Waals surface area contributed by atoms with E-state index in [1.807, 2.05) is 45.0 Å². The van der Waals surface area contributed by atoms with E-state index in [0.717, 1.165) is 10.4 Å². The maximum atomic E-state index is 12.8. The van der Waals surface area contributed by atoms with Gasteiger partial charge in [-0.1, -0.05) is 55.3 Å². The second-order valence-electron chi connectivity index (χ2n) is 7.40. The van der Waals surface area contributed by atoms with Gasteiger partial charge < -0.3 is 0 Å². The molecule has 3 rings (SSSR count). The molecule has 28 heavy (non-hydrogen) atoms. The van der Waals surface area contributed by atoms with E-state index in [1.165, 1.54) is 21.6 Å². The second kappa shape index (κ2) is 8.88. The molecule has 0 aliphatic carbocycles. The van der Waals surface area contributed by atoms with Gasteiger partial charge in [0.05, 0.1) is 9.21 Å². The standard InChI is InChI=1S/C21H24ClN3O2S/c1-14(2)12-24-20(18-9-10-19(22)28-18)23-25(21(24)27)13-17(26)8-7-16-6-4-5-15(3)11-16/h4-6,9-11,14H,7-8,12-13H2,1-3H3. The number of benzene rings is 1. The number of halogens is 1. The van der Waals surface area contributed by atoms with E-state index in [1.54, 1.807) is 10.6 Å². The molecule has 0 saturated carbocycles. The van der Waals surface area contributed by atoms with E-state index in [0.29, 0.717) is 29.5 Å². The summed E-state index contributed by atoms with van der Waals surface area (Å²) in [6.07, 6.45) is 1.04. The molecule has 2 aromatic heterocycles. The minimum absolute atomic E-state index is 0.00596. The first-order valence-electron chi connectivity index (χ1n) is 9.34. The predicted octanol–water partition coefficient (Wildman–Crippen LogP) is 4.59. The van der Waals surface area contributed by atoms with Crippen molar-refractivity contribution in [2.75, 3.05) is 0 Å². The van der Waals surface area contributed by atoms with Crippen LogP contribution in [0, 0.1) is 12.8 Å². The fourth-order valence-corrected chi connectivity index (χ4v) is 4.12. The lowest BCUT2D eigenvalue weighted by Crippen LogP contribution is -2.29. The number of hydrogen-bond donors (Lipinski definition) is 0. The molecule has 0 unspecified atom stereocenters. The summed E-state index contributed by atoms with van der Waals surface area (Å²) >= 11 is 7.43. The largest absolute Gasteiger partial charge is 0.346 e. The molecule has 0 bridgehead atoms. The molecule has 3 aromatic rings. The van der Waals surface area contributed by atoms with Crippen LogP contribution in [0.25, 0.3) is 10.7 Å². The van der Waals surface area contributed by atoms with Crippen molar-refractivity contribution in [1.29, 1.82) is 0 Å². The van der Waals surface area contributed by atoms with Gasteiger partial charge in [-0.2, -0.15) is 0 Å². The summed E-state index contributed by atoms with van der Waals surface area (Å²) in [5.74, 6) is 0.845. The highest BCUT2D eigenvalue weighted by Crippen LogP contribution is 2.29. The first kappa shape index (κ1) is 20.6. The molecule has 2 heterocycles. The minimum atomic E-state index is -0.253. The fourth-order valence-electron chi connectivity index (χ4n) is 3.09. The molecule has 7 heteroatoms. The number of thiophene rings is 1. The summed E-state index contributed by atoms with van der Waals surface area (Å²) in [7, 11) is 0. The smallest absolute Gasteiger partial charge is 0.298 e. The van der Waals surface area contributed by atoms with Gasteiger partial charge in [0.1, 0.15) is 6.54 Å². The lowest BCUT2D eigenvalue weighted by atomic mass is 10.1. The van der Waals surface area contributed by atoms with Crippen molar-refractivity contribution in [2.24, 2.45) is 5.92 Å². The maximum absolute atomic E-state index is 12.8. The molecule has 0 saturated heterocycles. The van der Waals surface area contributed by atoms with Gasteiger partial charge in [0.2, 0.25) is 0 Å². The van der Waals surface area contributed by atoms with Gasteiger partial charge in [0.15, 0.2) is 11.6 Å². The predicted molar refractivity (Wildman–Crippen MR) is 114 cm³/mol. The molecule has 1 aromatic carbocycles. The number of carbonyl (C=O) groups is 1. The van der Waals surface area contributed by atoms with Crippen LogP contribution in [-0.4, -0.2) is 20.1 Å².